The van der Waals surface area contributed by atoms with E-state index < -0.39 is 71.0 Å². The van der Waals surface area contributed by atoms with Crippen LogP contribution >= 0.6 is 0 Å². The smallest absolute Gasteiger partial charge is 0.460 e. The predicted molar refractivity (Wildman–Crippen MR) is 102 cm³/mol. The van der Waals surface area contributed by atoms with Crippen LogP contribution in [0.1, 0.15) is 32.8 Å². The largest absolute Gasteiger partial charge is 0.493 e. The lowest BCUT2D eigenvalue weighted by Crippen LogP contribution is -2.74. The van der Waals surface area contributed by atoms with E-state index >= 15 is 0 Å². The number of hydrogen-bond acceptors (Lipinski definition) is 2. The SMILES string of the molecule is CC(C)COc1ccccc1C(C)(O)CC(F)(F)C(F)(F)C(F)(F)C(F)(F)C(F)(F)C(F)(F)C(F)(F)C(F)(F)F. The summed E-state index contributed by atoms with van der Waals surface area (Å²) < 4.78 is 234. The third-order valence-corrected chi connectivity index (χ3v) is 5.39. The minimum absolute atomic E-state index is 0.213. The van der Waals surface area contributed by atoms with Crippen molar-refractivity contribution in [3.63, 3.8) is 0 Å². The van der Waals surface area contributed by atoms with Gasteiger partial charge in [-0.15, -0.1) is 0 Å². The molecule has 40 heavy (non-hydrogen) atoms. The molecule has 234 valence electrons. The Hall–Kier alpha value is -2.21. The topological polar surface area (TPSA) is 29.5 Å². The summed E-state index contributed by atoms with van der Waals surface area (Å²) in [5.41, 5.74) is -4.30. The van der Waals surface area contributed by atoms with Gasteiger partial charge in [-0.05, 0) is 18.9 Å². The fourth-order valence-electron chi connectivity index (χ4n) is 3.13. The van der Waals surface area contributed by atoms with E-state index in [1.807, 2.05) is 0 Å². The zero-order valence-corrected chi connectivity index (χ0v) is 20.1. The highest BCUT2D eigenvalue weighted by Gasteiger charge is 2.95. The standard InChI is InChI=1S/C21H19F17O2/c1-10(2)8-40-12-7-5-4-6-11(12)13(3,39)9-14(22,23)15(24,25)16(26,27)17(28,29)18(30,31)19(32,33)20(34,35)21(36,37)38/h4-7,10,39H,8-9H2,1-3H3. The molecule has 1 unspecified atom stereocenters. The number of aliphatic hydroxyl groups is 1. The normalized spacial score (nSPS) is 16.8. The maximum absolute atomic E-state index is 14.4. The van der Waals surface area contributed by atoms with Crippen LogP contribution in [0, 0.1) is 5.92 Å². The van der Waals surface area contributed by atoms with E-state index in [-0.39, 0.29) is 19.4 Å². The van der Waals surface area contributed by atoms with Crippen molar-refractivity contribution < 1.29 is 84.5 Å². The lowest BCUT2D eigenvalue weighted by Gasteiger charge is -2.43. The molecule has 0 heterocycles. The Kier molecular flexibility index (Phi) is 9.18. The summed E-state index contributed by atoms with van der Waals surface area (Å²) in [4.78, 5) is 0. The number of benzene rings is 1. The van der Waals surface area contributed by atoms with E-state index in [0.717, 1.165) is 18.2 Å². The highest BCUT2D eigenvalue weighted by molar-refractivity contribution is 5.38. The first-order valence-electron chi connectivity index (χ1n) is 10.5. The van der Waals surface area contributed by atoms with Crippen LogP contribution in [0.4, 0.5) is 74.6 Å². The van der Waals surface area contributed by atoms with E-state index in [9.17, 15) is 79.7 Å². The molecule has 0 aromatic heterocycles. The average Bonchev–Trinajstić information content (AvgIpc) is 2.75. The molecule has 1 atom stereocenters. The highest BCUT2D eigenvalue weighted by atomic mass is 19.4. The van der Waals surface area contributed by atoms with E-state index in [4.69, 9.17) is 4.74 Å². The third-order valence-electron chi connectivity index (χ3n) is 5.39. The van der Waals surface area contributed by atoms with Gasteiger partial charge in [0.2, 0.25) is 0 Å². The Morgan fingerprint density at radius 3 is 1.40 bits per heavy atom. The molecule has 1 aromatic carbocycles. The lowest BCUT2D eigenvalue weighted by atomic mass is 9.83. The quantitative estimate of drug-likeness (QED) is 0.237. The summed E-state index contributed by atoms with van der Waals surface area (Å²) in [6, 6.07) is 3.78. The molecule has 0 saturated carbocycles. The van der Waals surface area contributed by atoms with E-state index in [2.05, 4.69) is 0 Å². The van der Waals surface area contributed by atoms with E-state index in [0.29, 0.717) is 6.07 Å². The summed E-state index contributed by atoms with van der Waals surface area (Å²) in [5, 5.41) is 10.4. The van der Waals surface area contributed by atoms with Crippen LogP contribution in [0.3, 0.4) is 0 Å². The van der Waals surface area contributed by atoms with Crippen LogP contribution in [-0.2, 0) is 5.60 Å². The molecule has 0 fully saturated rings. The molecule has 0 amide bonds. The first-order chi connectivity index (χ1) is 17.4. The van der Waals surface area contributed by atoms with E-state index in [1.54, 1.807) is 13.8 Å². The highest BCUT2D eigenvalue weighted by Crippen LogP contribution is 2.64. The first-order valence-corrected chi connectivity index (χ1v) is 10.5. The molecule has 1 aromatic rings. The van der Waals surface area contributed by atoms with Crippen molar-refractivity contribution >= 4 is 0 Å². The van der Waals surface area contributed by atoms with Gasteiger partial charge in [-0.25, -0.2) is 0 Å². The maximum atomic E-state index is 14.4. The molecule has 0 aliphatic heterocycles. The van der Waals surface area contributed by atoms with Gasteiger partial charge in [0, 0.05) is 5.56 Å². The van der Waals surface area contributed by atoms with E-state index in [1.165, 1.54) is 0 Å². The van der Waals surface area contributed by atoms with Gasteiger partial charge in [-0.2, -0.15) is 74.6 Å². The number of alkyl halides is 17. The summed E-state index contributed by atoms with van der Waals surface area (Å²) in [6.45, 7) is 3.14. The Labute approximate surface area is 214 Å². The van der Waals surface area contributed by atoms with Crippen LogP contribution in [0.2, 0.25) is 0 Å². The summed E-state index contributed by atoms with van der Waals surface area (Å²) in [5.74, 6) is -58.0. The van der Waals surface area contributed by atoms with Gasteiger partial charge in [0.25, 0.3) is 0 Å². The molecule has 0 aliphatic carbocycles. The van der Waals surface area contributed by atoms with Gasteiger partial charge in [0.1, 0.15) is 5.75 Å². The van der Waals surface area contributed by atoms with Crippen molar-refractivity contribution in [3.05, 3.63) is 29.8 Å². The number of hydrogen-bond donors (Lipinski definition) is 1. The van der Waals surface area contributed by atoms with Gasteiger partial charge < -0.3 is 9.84 Å². The molecular formula is C21H19F17O2. The maximum Gasteiger partial charge on any atom is 0.460 e. The first kappa shape index (κ1) is 35.8. The molecule has 0 saturated heterocycles. The van der Waals surface area contributed by atoms with Crippen LogP contribution in [0.15, 0.2) is 24.3 Å². The molecule has 0 spiro atoms. The van der Waals surface area contributed by atoms with Gasteiger partial charge in [-0.1, -0.05) is 32.0 Å². The number of para-hydroxylation sites is 1. The van der Waals surface area contributed by atoms with Gasteiger partial charge in [0.15, 0.2) is 0 Å². The van der Waals surface area contributed by atoms with Gasteiger partial charge in [0.05, 0.1) is 18.6 Å². The summed E-state index contributed by atoms with van der Waals surface area (Å²) in [6.07, 6.45) is -10.8. The Morgan fingerprint density at radius 1 is 0.625 bits per heavy atom. The second-order valence-corrected chi connectivity index (χ2v) is 9.30. The van der Waals surface area contributed by atoms with Crippen LogP contribution < -0.4 is 4.74 Å². The minimum atomic E-state index is -8.71. The zero-order valence-electron chi connectivity index (χ0n) is 20.1. The molecule has 0 radical (unpaired) electrons. The minimum Gasteiger partial charge on any atom is -0.493 e. The molecule has 19 heteroatoms. The van der Waals surface area contributed by atoms with Crippen molar-refractivity contribution in [1.29, 1.82) is 0 Å². The zero-order chi connectivity index (χ0) is 32.2. The van der Waals surface area contributed by atoms with Crippen LogP contribution in [0.25, 0.3) is 0 Å². The fourth-order valence-corrected chi connectivity index (χ4v) is 3.13. The lowest BCUT2D eigenvalue weighted by molar-refractivity contribution is -0.462. The number of ether oxygens (including phenoxy) is 1. The summed E-state index contributed by atoms with van der Waals surface area (Å²) in [7, 11) is 0. The van der Waals surface area contributed by atoms with Crippen LogP contribution in [-0.4, -0.2) is 59.3 Å². The number of rotatable bonds is 12. The molecule has 0 aliphatic rings. The van der Waals surface area contributed by atoms with Crippen molar-refractivity contribution in [2.24, 2.45) is 5.92 Å². The second-order valence-electron chi connectivity index (χ2n) is 9.30. The monoisotopic (exact) mass is 626 g/mol. The fraction of sp³-hybridized carbons (Fsp3) is 0.714. The van der Waals surface area contributed by atoms with Crippen molar-refractivity contribution in [1.82, 2.24) is 0 Å². The predicted octanol–water partition coefficient (Wildman–Crippen LogP) is 8.33. The average molecular weight is 626 g/mol. The Morgan fingerprint density at radius 2 is 1.00 bits per heavy atom. The number of halogens is 17. The second kappa shape index (κ2) is 10.3. The molecule has 1 rings (SSSR count). The van der Waals surface area contributed by atoms with Crippen LogP contribution in [0.5, 0.6) is 5.75 Å². The van der Waals surface area contributed by atoms with Gasteiger partial charge >= 0.3 is 47.6 Å². The molecule has 1 N–H and O–H groups in total. The van der Waals surface area contributed by atoms with Gasteiger partial charge in [-0.3, -0.25) is 0 Å². The van der Waals surface area contributed by atoms with Crippen molar-refractivity contribution in [2.75, 3.05) is 6.61 Å². The molecular weight excluding hydrogens is 607 g/mol. The molecule has 0 bridgehead atoms. The molecule has 2 nitrogen and oxygen atoms in total. The summed E-state index contributed by atoms with van der Waals surface area (Å²) >= 11 is 0. The van der Waals surface area contributed by atoms with Crippen molar-refractivity contribution in [2.45, 2.75) is 80.4 Å². The van der Waals surface area contributed by atoms with Crippen molar-refractivity contribution in [3.8, 4) is 5.75 Å². The Balaban J connectivity index is 3.62. The third kappa shape index (κ3) is 5.49. The Bertz CT molecular complexity index is 1030.